The minimum atomic E-state index is -2.71. The summed E-state index contributed by atoms with van der Waals surface area (Å²) in [4.78, 5) is 37.3. The maximum Gasteiger partial charge on any atom is 0.255 e. The topological polar surface area (TPSA) is 184 Å². The van der Waals surface area contributed by atoms with Crippen molar-refractivity contribution in [2.24, 2.45) is 23.3 Å². The van der Waals surface area contributed by atoms with Crippen LogP contribution in [0.15, 0.2) is 29.0 Å². The summed E-state index contributed by atoms with van der Waals surface area (Å²) in [5.74, 6) is -7.42. The Morgan fingerprint density at radius 3 is 2.48 bits per heavy atom. The van der Waals surface area contributed by atoms with Gasteiger partial charge in [-0.2, -0.15) is 0 Å². The van der Waals surface area contributed by atoms with Crippen LogP contribution in [0.3, 0.4) is 0 Å². The molecule has 0 spiro atoms. The van der Waals surface area contributed by atoms with Gasteiger partial charge in [0.2, 0.25) is 5.78 Å². The summed E-state index contributed by atoms with van der Waals surface area (Å²) in [5.41, 5.74) is 7.52. The van der Waals surface area contributed by atoms with Crippen LogP contribution in [0.25, 0.3) is 5.76 Å². The summed E-state index contributed by atoms with van der Waals surface area (Å²) in [6, 6.07) is 1.23. The van der Waals surface area contributed by atoms with Crippen LogP contribution < -0.4 is 11.5 Å². The number of aromatic hydroxyl groups is 1. The van der Waals surface area contributed by atoms with E-state index in [0.29, 0.717) is 5.56 Å². The Kier molecular flexibility index (Phi) is 4.06. The quantitative estimate of drug-likeness (QED) is 0.343. The Labute approximate surface area is 168 Å². The van der Waals surface area contributed by atoms with Crippen molar-refractivity contribution in [1.29, 1.82) is 0 Å². The first-order valence-corrected chi connectivity index (χ1v) is 9.13. The lowest BCUT2D eigenvalue weighted by Gasteiger charge is -2.48. The number of primary amides is 1. The van der Waals surface area contributed by atoms with Crippen LogP contribution in [0.5, 0.6) is 5.75 Å². The molecule has 1 aromatic rings. The summed E-state index contributed by atoms with van der Waals surface area (Å²) < 4.78 is 0. The molecule has 0 aromatic heterocycles. The highest BCUT2D eigenvalue weighted by Crippen LogP contribution is 2.52. The van der Waals surface area contributed by atoms with Crippen LogP contribution in [0.2, 0.25) is 5.02 Å². The molecule has 4 rings (SSSR count). The molecule has 0 aliphatic heterocycles. The van der Waals surface area contributed by atoms with E-state index >= 15 is 0 Å². The molecule has 1 amide bonds. The standard InChI is InChI=1S/C19H17ClN2O7/c20-8-1-2-9(23)11-6(8)3-5-4-7-13(21)15(25)12(18(22)28)17(27)19(7,29)16(26)10(5)14(11)24/h1-2,5,7,13,23-24,27,29H,3-4,21H2,(H2,22,28)/t5-,7-,13-,19-/m0/s1. The number of aliphatic hydroxyl groups excluding tert-OH is 2. The molecule has 8 N–H and O–H groups in total. The predicted molar refractivity (Wildman–Crippen MR) is 99.8 cm³/mol. The minimum absolute atomic E-state index is 0.0473. The van der Waals surface area contributed by atoms with Crippen molar-refractivity contribution in [2.75, 3.05) is 0 Å². The van der Waals surface area contributed by atoms with Gasteiger partial charge in [-0.05, 0) is 36.5 Å². The predicted octanol–water partition coefficient (Wildman–Crippen LogP) is 0.0145. The maximum absolute atomic E-state index is 13.3. The number of phenols is 1. The molecular weight excluding hydrogens is 404 g/mol. The third kappa shape index (κ3) is 2.32. The number of carbonyl (C=O) groups excluding carboxylic acids is 3. The number of carbonyl (C=O) groups is 3. The summed E-state index contributed by atoms with van der Waals surface area (Å²) in [6.07, 6.45) is 0.0738. The van der Waals surface area contributed by atoms with Gasteiger partial charge in [-0.1, -0.05) is 11.6 Å². The van der Waals surface area contributed by atoms with Crippen LogP contribution in [-0.2, 0) is 20.8 Å². The molecule has 1 saturated carbocycles. The van der Waals surface area contributed by atoms with Crippen LogP contribution >= 0.6 is 11.6 Å². The second-order valence-electron chi connectivity index (χ2n) is 7.50. The number of benzene rings is 1. The average molecular weight is 421 g/mol. The number of aliphatic hydroxyl groups is 3. The molecule has 1 aromatic carbocycles. The first-order chi connectivity index (χ1) is 13.5. The zero-order valence-corrected chi connectivity index (χ0v) is 15.6. The first kappa shape index (κ1) is 19.4. The fraction of sp³-hybridized carbons (Fsp3) is 0.316. The average Bonchev–Trinajstić information content (AvgIpc) is 2.65. The molecule has 152 valence electrons. The molecule has 0 heterocycles. The SMILES string of the molecule is NC(=O)C1=C(O)[C@@]2(O)C(=O)C3=C(O)c4c(O)ccc(Cl)c4C[C@H]3C[C@H]2[C@H](N)C1=O. The summed E-state index contributed by atoms with van der Waals surface area (Å²) in [6.45, 7) is 0. The zero-order valence-electron chi connectivity index (χ0n) is 14.8. The number of phenolic OH excluding ortho intramolecular Hbond substituents is 1. The van der Waals surface area contributed by atoms with Crippen molar-refractivity contribution in [1.82, 2.24) is 0 Å². The number of halogens is 1. The van der Waals surface area contributed by atoms with Crippen LogP contribution in [0, 0.1) is 11.8 Å². The number of ketones is 2. The summed E-state index contributed by atoms with van der Waals surface area (Å²) >= 11 is 6.18. The van der Waals surface area contributed by atoms with E-state index in [1.807, 2.05) is 0 Å². The molecule has 3 aliphatic rings. The lowest BCUT2D eigenvalue weighted by atomic mass is 9.58. The lowest BCUT2D eigenvalue weighted by molar-refractivity contribution is -0.149. The van der Waals surface area contributed by atoms with Crippen LogP contribution in [-0.4, -0.2) is 49.5 Å². The molecule has 9 nitrogen and oxygen atoms in total. The van der Waals surface area contributed by atoms with Gasteiger partial charge in [0.1, 0.15) is 22.8 Å². The Hall–Kier alpha value is -2.88. The first-order valence-electron chi connectivity index (χ1n) is 8.76. The van der Waals surface area contributed by atoms with Gasteiger partial charge in [0.25, 0.3) is 5.91 Å². The molecule has 1 fully saturated rings. The largest absolute Gasteiger partial charge is 0.508 e. The maximum atomic E-state index is 13.3. The fourth-order valence-corrected chi connectivity index (χ4v) is 4.91. The van der Waals surface area contributed by atoms with Gasteiger partial charge in [-0.3, -0.25) is 14.4 Å². The fourth-order valence-electron chi connectivity index (χ4n) is 4.68. The highest BCUT2D eigenvalue weighted by molar-refractivity contribution is 6.32. The normalized spacial score (nSPS) is 31.3. The Balaban J connectivity index is 1.98. The highest BCUT2D eigenvalue weighted by Gasteiger charge is 2.63. The number of fused-ring (bicyclic) bond motifs is 3. The molecule has 29 heavy (non-hydrogen) atoms. The number of rotatable bonds is 1. The van der Waals surface area contributed by atoms with Gasteiger partial charge in [-0.25, -0.2) is 0 Å². The molecule has 10 heteroatoms. The van der Waals surface area contributed by atoms with E-state index in [0.717, 1.165) is 0 Å². The Bertz CT molecular complexity index is 1080. The van der Waals surface area contributed by atoms with E-state index in [2.05, 4.69) is 0 Å². The van der Waals surface area contributed by atoms with Gasteiger partial charge in [0.05, 0.1) is 11.6 Å². The van der Waals surface area contributed by atoms with Gasteiger partial charge >= 0.3 is 0 Å². The molecule has 0 unspecified atom stereocenters. The number of hydrogen-bond donors (Lipinski definition) is 6. The van der Waals surface area contributed by atoms with Crippen LogP contribution in [0.1, 0.15) is 17.5 Å². The number of nitrogens with two attached hydrogens (primary N) is 2. The summed E-state index contributed by atoms with van der Waals surface area (Å²) in [5, 5.41) is 42.8. The van der Waals surface area contributed by atoms with E-state index in [9.17, 15) is 34.8 Å². The molecule has 4 atom stereocenters. The monoisotopic (exact) mass is 420 g/mol. The van der Waals surface area contributed by atoms with Crippen molar-refractivity contribution in [3.05, 3.63) is 45.2 Å². The van der Waals surface area contributed by atoms with E-state index < -0.39 is 58.0 Å². The molecule has 0 bridgehead atoms. The Morgan fingerprint density at radius 2 is 1.86 bits per heavy atom. The molecule has 3 aliphatic carbocycles. The molecular formula is C19H17ClN2O7. The van der Waals surface area contributed by atoms with Gasteiger partial charge in [0, 0.05) is 16.5 Å². The minimum Gasteiger partial charge on any atom is -0.508 e. The van der Waals surface area contributed by atoms with Gasteiger partial charge in [0.15, 0.2) is 11.4 Å². The van der Waals surface area contributed by atoms with Crippen molar-refractivity contribution in [3.8, 4) is 5.75 Å². The second-order valence-corrected chi connectivity index (χ2v) is 7.91. The number of Topliss-reactive ketones (excluding diaryl/α,β-unsaturated/α-hetero) is 2. The van der Waals surface area contributed by atoms with E-state index in [1.165, 1.54) is 12.1 Å². The van der Waals surface area contributed by atoms with E-state index in [-0.39, 0.29) is 34.8 Å². The van der Waals surface area contributed by atoms with Gasteiger partial charge in [-0.15, -0.1) is 0 Å². The molecule has 0 radical (unpaired) electrons. The third-order valence-corrected chi connectivity index (χ3v) is 6.43. The molecule has 0 saturated heterocycles. The van der Waals surface area contributed by atoms with Crippen molar-refractivity contribution >= 4 is 34.8 Å². The summed E-state index contributed by atoms with van der Waals surface area (Å²) in [7, 11) is 0. The third-order valence-electron chi connectivity index (χ3n) is 6.08. The number of hydrogen-bond acceptors (Lipinski definition) is 8. The Morgan fingerprint density at radius 1 is 1.21 bits per heavy atom. The highest BCUT2D eigenvalue weighted by atomic mass is 35.5. The van der Waals surface area contributed by atoms with Crippen molar-refractivity contribution < 1.29 is 34.8 Å². The van der Waals surface area contributed by atoms with E-state index in [1.54, 1.807) is 0 Å². The van der Waals surface area contributed by atoms with Crippen molar-refractivity contribution in [3.63, 3.8) is 0 Å². The zero-order chi connectivity index (χ0) is 21.4. The van der Waals surface area contributed by atoms with Gasteiger partial charge < -0.3 is 31.9 Å². The second kappa shape index (κ2) is 6.06. The van der Waals surface area contributed by atoms with Crippen molar-refractivity contribution in [2.45, 2.75) is 24.5 Å². The smallest absolute Gasteiger partial charge is 0.255 e. The lowest BCUT2D eigenvalue weighted by Crippen LogP contribution is -2.65. The number of amides is 1. The van der Waals surface area contributed by atoms with E-state index in [4.69, 9.17) is 23.1 Å². The van der Waals surface area contributed by atoms with Crippen LogP contribution in [0.4, 0.5) is 0 Å².